The number of benzene rings is 2. The van der Waals surface area contributed by atoms with E-state index in [-0.39, 0.29) is 16.5 Å². The summed E-state index contributed by atoms with van der Waals surface area (Å²) in [5.74, 6) is 0. The van der Waals surface area contributed by atoms with Crippen LogP contribution in [0.1, 0.15) is 37.3 Å². The molecular weight excluding hydrogens is 327 g/mol. The second-order valence-electron chi connectivity index (χ2n) is 5.64. The smallest absolute Gasteiger partial charge is 0.0633 e. The maximum atomic E-state index is 4.74. The standard InChI is InChI=1S/C20H24N2.Ni/c1-4-5-6-20(22-19-13-9-17(3)10-14-19)15-21-18-11-7-16(2)8-12-18;/h7-15H,4-6H2,1-3H3;. The van der Waals surface area contributed by atoms with E-state index >= 15 is 0 Å². The van der Waals surface area contributed by atoms with Gasteiger partial charge >= 0.3 is 0 Å². The predicted octanol–water partition coefficient (Wildman–Crippen LogP) is 5.97. The Morgan fingerprint density at radius 3 is 1.91 bits per heavy atom. The molecule has 0 fully saturated rings. The van der Waals surface area contributed by atoms with Crippen molar-refractivity contribution in [3.8, 4) is 0 Å². The summed E-state index contributed by atoms with van der Waals surface area (Å²) in [4.78, 5) is 9.30. The van der Waals surface area contributed by atoms with E-state index in [0.717, 1.165) is 36.3 Å². The van der Waals surface area contributed by atoms with Crippen LogP contribution in [-0.4, -0.2) is 11.9 Å². The predicted molar refractivity (Wildman–Crippen MR) is 97.1 cm³/mol. The van der Waals surface area contributed by atoms with Crippen LogP contribution < -0.4 is 0 Å². The molecular formula is C20H24N2Ni. The van der Waals surface area contributed by atoms with E-state index in [0.29, 0.717) is 0 Å². The SMILES string of the molecule is CCCCC(C=Nc1ccc(C)cc1)=Nc1ccc(C)cc1.[Ni]. The van der Waals surface area contributed by atoms with Crippen molar-refractivity contribution < 1.29 is 16.5 Å². The second kappa shape index (κ2) is 10.1. The van der Waals surface area contributed by atoms with Crippen LogP contribution in [0.4, 0.5) is 11.4 Å². The first-order chi connectivity index (χ1) is 10.7. The van der Waals surface area contributed by atoms with Gasteiger partial charge in [-0.3, -0.25) is 9.98 Å². The third-order valence-electron chi connectivity index (χ3n) is 3.49. The molecule has 2 aromatic rings. The first-order valence-electron chi connectivity index (χ1n) is 7.92. The van der Waals surface area contributed by atoms with Crippen molar-refractivity contribution in [1.82, 2.24) is 0 Å². The first kappa shape index (κ1) is 19.3. The first-order valence-corrected chi connectivity index (χ1v) is 7.92. The second-order valence-corrected chi connectivity index (χ2v) is 5.64. The minimum atomic E-state index is 0. The topological polar surface area (TPSA) is 24.7 Å². The van der Waals surface area contributed by atoms with E-state index in [9.17, 15) is 0 Å². The Labute approximate surface area is 149 Å². The summed E-state index contributed by atoms with van der Waals surface area (Å²) >= 11 is 0. The van der Waals surface area contributed by atoms with Crippen molar-refractivity contribution in [2.45, 2.75) is 40.0 Å². The number of aryl methyl sites for hydroxylation is 2. The summed E-state index contributed by atoms with van der Waals surface area (Å²) in [6.07, 6.45) is 5.15. The zero-order chi connectivity index (χ0) is 15.8. The molecule has 0 spiro atoms. The van der Waals surface area contributed by atoms with Crippen LogP contribution in [-0.2, 0) is 16.5 Å². The summed E-state index contributed by atoms with van der Waals surface area (Å²) in [5.41, 5.74) is 5.50. The van der Waals surface area contributed by atoms with Crippen LogP contribution in [0.3, 0.4) is 0 Å². The molecule has 0 aliphatic heterocycles. The summed E-state index contributed by atoms with van der Waals surface area (Å²) in [5, 5.41) is 0. The normalized spacial score (nSPS) is 11.5. The minimum Gasteiger partial charge on any atom is -0.255 e. The van der Waals surface area contributed by atoms with Crippen LogP contribution in [0.25, 0.3) is 0 Å². The summed E-state index contributed by atoms with van der Waals surface area (Å²) in [7, 11) is 0. The number of hydrogen-bond acceptors (Lipinski definition) is 2. The summed E-state index contributed by atoms with van der Waals surface area (Å²) in [6.45, 7) is 6.37. The average Bonchev–Trinajstić information content (AvgIpc) is 2.53. The molecule has 0 saturated heterocycles. The van der Waals surface area contributed by atoms with Gasteiger partial charge in [-0.25, -0.2) is 0 Å². The Morgan fingerprint density at radius 2 is 1.39 bits per heavy atom. The fraction of sp³-hybridized carbons (Fsp3) is 0.300. The molecule has 0 saturated carbocycles. The Morgan fingerprint density at radius 1 is 0.870 bits per heavy atom. The molecule has 0 aliphatic rings. The van der Waals surface area contributed by atoms with E-state index in [1.54, 1.807) is 0 Å². The van der Waals surface area contributed by atoms with Gasteiger partial charge in [0.2, 0.25) is 0 Å². The molecule has 2 aromatic carbocycles. The van der Waals surface area contributed by atoms with E-state index in [2.05, 4.69) is 62.2 Å². The van der Waals surface area contributed by atoms with Gasteiger partial charge in [0.1, 0.15) is 0 Å². The molecule has 0 N–H and O–H groups in total. The average molecular weight is 351 g/mol. The quantitative estimate of drug-likeness (QED) is 0.453. The number of aliphatic imine (C=N–C) groups is 2. The molecule has 0 heterocycles. The van der Waals surface area contributed by atoms with Gasteiger partial charge in [0, 0.05) is 22.7 Å². The zero-order valence-electron chi connectivity index (χ0n) is 14.0. The van der Waals surface area contributed by atoms with Gasteiger partial charge in [0.05, 0.1) is 17.1 Å². The molecule has 124 valence electrons. The number of nitrogens with zero attached hydrogens (tertiary/aromatic N) is 2. The molecule has 0 aliphatic carbocycles. The molecule has 2 nitrogen and oxygen atoms in total. The fourth-order valence-corrected chi connectivity index (χ4v) is 2.07. The molecule has 2 rings (SSSR count). The van der Waals surface area contributed by atoms with Gasteiger partial charge in [-0.05, 0) is 51.0 Å². The van der Waals surface area contributed by atoms with E-state index < -0.39 is 0 Å². The molecule has 0 atom stereocenters. The minimum absolute atomic E-state index is 0. The monoisotopic (exact) mass is 350 g/mol. The van der Waals surface area contributed by atoms with Crippen LogP contribution in [0.5, 0.6) is 0 Å². The number of hydrogen-bond donors (Lipinski definition) is 0. The van der Waals surface area contributed by atoms with Crippen molar-refractivity contribution in [2.24, 2.45) is 9.98 Å². The Bertz CT molecular complexity index is 640. The maximum absolute atomic E-state index is 4.74. The van der Waals surface area contributed by atoms with E-state index in [4.69, 9.17) is 4.99 Å². The van der Waals surface area contributed by atoms with Crippen LogP contribution in [0.2, 0.25) is 0 Å². The molecule has 0 bridgehead atoms. The third kappa shape index (κ3) is 6.92. The number of rotatable bonds is 6. The van der Waals surface area contributed by atoms with Crippen molar-refractivity contribution in [3.63, 3.8) is 0 Å². The van der Waals surface area contributed by atoms with Crippen molar-refractivity contribution >= 4 is 23.3 Å². The van der Waals surface area contributed by atoms with Crippen LogP contribution >= 0.6 is 0 Å². The summed E-state index contributed by atoms with van der Waals surface area (Å²) in [6, 6.07) is 16.5. The number of unbranched alkanes of at least 4 members (excludes halogenated alkanes) is 1. The summed E-state index contributed by atoms with van der Waals surface area (Å²) < 4.78 is 0. The van der Waals surface area contributed by atoms with Crippen molar-refractivity contribution in [1.29, 1.82) is 0 Å². The van der Waals surface area contributed by atoms with Crippen LogP contribution in [0, 0.1) is 13.8 Å². The molecule has 23 heavy (non-hydrogen) atoms. The Hall–Kier alpha value is -1.73. The van der Waals surface area contributed by atoms with Crippen molar-refractivity contribution in [2.75, 3.05) is 0 Å². The molecule has 0 unspecified atom stereocenters. The molecule has 0 aromatic heterocycles. The zero-order valence-corrected chi connectivity index (χ0v) is 15.0. The molecule has 0 amide bonds. The molecule has 3 heteroatoms. The van der Waals surface area contributed by atoms with Crippen molar-refractivity contribution in [3.05, 3.63) is 59.7 Å². The Kier molecular flexibility index (Phi) is 8.50. The molecule has 0 radical (unpaired) electrons. The van der Waals surface area contributed by atoms with Crippen LogP contribution in [0.15, 0.2) is 58.5 Å². The largest absolute Gasteiger partial charge is 0.255 e. The van der Waals surface area contributed by atoms with Gasteiger partial charge in [-0.1, -0.05) is 48.7 Å². The third-order valence-corrected chi connectivity index (χ3v) is 3.49. The van der Waals surface area contributed by atoms with E-state index in [1.807, 2.05) is 18.3 Å². The van der Waals surface area contributed by atoms with Gasteiger partial charge in [-0.15, -0.1) is 0 Å². The van der Waals surface area contributed by atoms with Gasteiger partial charge in [0.15, 0.2) is 0 Å². The van der Waals surface area contributed by atoms with Gasteiger partial charge in [-0.2, -0.15) is 0 Å². The van der Waals surface area contributed by atoms with Gasteiger partial charge in [0.25, 0.3) is 0 Å². The Balaban J connectivity index is 0.00000264. The fourth-order valence-electron chi connectivity index (χ4n) is 2.07. The van der Waals surface area contributed by atoms with Gasteiger partial charge < -0.3 is 0 Å². The maximum Gasteiger partial charge on any atom is 0.0633 e. The van der Waals surface area contributed by atoms with E-state index in [1.165, 1.54) is 11.1 Å².